The number of thiophene rings is 1. The number of furan rings is 1. The number of anilines is 2. The molecule has 0 aliphatic carbocycles. The molecule has 1 aliphatic rings. The molecule has 8 nitrogen and oxygen atoms in total. The molecule has 4 rings (SSSR count). The number of hydrogen-bond acceptors (Lipinski definition) is 8. The summed E-state index contributed by atoms with van der Waals surface area (Å²) in [4.78, 5) is 22.6. The van der Waals surface area contributed by atoms with Crippen molar-refractivity contribution in [3.05, 3.63) is 23.5 Å². The topological polar surface area (TPSA) is 123 Å². The number of aromatic nitrogens is 2. The molecular weight excluding hydrogens is 352 g/mol. The summed E-state index contributed by atoms with van der Waals surface area (Å²) in [7, 11) is 0. The minimum Gasteiger partial charge on any atom is -0.472 e. The number of rotatable bonds is 3. The lowest BCUT2D eigenvalue weighted by molar-refractivity contribution is -0.106. The highest BCUT2D eigenvalue weighted by Crippen LogP contribution is 2.39. The number of nitrogen functional groups attached to an aromatic ring is 1. The molecule has 0 radical (unpaired) electrons. The van der Waals surface area contributed by atoms with Crippen LogP contribution in [0.25, 0.3) is 21.5 Å². The van der Waals surface area contributed by atoms with Crippen molar-refractivity contribution in [3.8, 4) is 11.3 Å². The maximum atomic E-state index is 8.58. The van der Waals surface area contributed by atoms with Crippen LogP contribution < -0.4 is 21.7 Å². The van der Waals surface area contributed by atoms with Crippen LogP contribution in [0.2, 0.25) is 0 Å². The van der Waals surface area contributed by atoms with Crippen molar-refractivity contribution in [3.63, 3.8) is 0 Å². The Bertz CT molecular complexity index is 871. The zero-order valence-corrected chi connectivity index (χ0v) is 15.4. The van der Waals surface area contributed by atoms with Gasteiger partial charge in [0, 0.05) is 36.6 Å². The van der Waals surface area contributed by atoms with Crippen molar-refractivity contribution in [1.82, 2.24) is 15.3 Å². The predicted molar refractivity (Wildman–Crippen MR) is 104 cm³/mol. The molecule has 0 spiro atoms. The third-order valence-electron chi connectivity index (χ3n) is 4.17. The molecule has 0 aromatic carbocycles. The average Bonchev–Trinajstić information content (AvgIpc) is 3.31. The Kier molecular flexibility index (Phi) is 5.69. The SMILES string of the molecule is CCc1sc2nc(N3CCNCC3)nc(-c3ccoc3)c2c1N.NC=O. The lowest BCUT2D eigenvalue weighted by Gasteiger charge is -2.27. The molecule has 0 unspecified atom stereocenters. The molecule has 5 N–H and O–H groups in total. The summed E-state index contributed by atoms with van der Waals surface area (Å²) in [6.07, 6.45) is 4.53. The zero-order chi connectivity index (χ0) is 18.5. The van der Waals surface area contributed by atoms with Gasteiger partial charge in [0.05, 0.1) is 29.3 Å². The summed E-state index contributed by atoms with van der Waals surface area (Å²) in [5.74, 6) is 0.777. The molecule has 3 aromatic rings. The van der Waals surface area contributed by atoms with Gasteiger partial charge in [0.25, 0.3) is 0 Å². The van der Waals surface area contributed by atoms with Gasteiger partial charge in [-0.1, -0.05) is 6.92 Å². The Hall–Kier alpha value is -2.65. The van der Waals surface area contributed by atoms with Crippen LogP contribution in [0.5, 0.6) is 0 Å². The highest BCUT2D eigenvalue weighted by molar-refractivity contribution is 7.19. The highest BCUT2D eigenvalue weighted by atomic mass is 32.1. The third-order valence-corrected chi connectivity index (χ3v) is 5.41. The molecule has 0 saturated carbocycles. The standard InChI is InChI=1S/C16H19N5OS.CH3NO/c1-2-11-13(17)12-14(10-3-8-22-9-10)19-16(20-15(12)23-11)21-6-4-18-5-7-21;2-1-3/h3,8-9,18H,2,4-7,17H2,1H3;1H,(H2,2,3). The molecule has 4 heterocycles. The van der Waals surface area contributed by atoms with Crippen LogP contribution in [-0.2, 0) is 11.2 Å². The van der Waals surface area contributed by atoms with E-state index < -0.39 is 0 Å². The van der Waals surface area contributed by atoms with E-state index in [9.17, 15) is 0 Å². The molecule has 1 fully saturated rings. The Labute approximate surface area is 155 Å². The quantitative estimate of drug-likeness (QED) is 0.595. The number of primary amides is 1. The van der Waals surface area contributed by atoms with E-state index in [2.05, 4.69) is 22.9 Å². The molecule has 26 heavy (non-hydrogen) atoms. The summed E-state index contributed by atoms with van der Waals surface area (Å²) in [6.45, 7) is 5.85. The van der Waals surface area contributed by atoms with Gasteiger partial charge in [-0.2, -0.15) is 0 Å². The first-order valence-electron chi connectivity index (χ1n) is 8.42. The van der Waals surface area contributed by atoms with E-state index in [0.717, 1.165) is 70.6 Å². The van der Waals surface area contributed by atoms with Crippen molar-refractivity contribution < 1.29 is 9.21 Å². The third kappa shape index (κ3) is 3.49. The summed E-state index contributed by atoms with van der Waals surface area (Å²) in [5.41, 5.74) is 13.1. The fourth-order valence-corrected chi connectivity index (χ4v) is 3.96. The van der Waals surface area contributed by atoms with Gasteiger partial charge in [0.15, 0.2) is 0 Å². The number of amides is 1. The first kappa shape index (κ1) is 18.2. The lowest BCUT2D eigenvalue weighted by Crippen LogP contribution is -2.44. The van der Waals surface area contributed by atoms with Gasteiger partial charge in [-0.15, -0.1) is 11.3 Å². The normalized spacial score (nSPS) is 14.1. The van der Waals surface area contributed by atoms with Crippen LogP contribution in [0.15, 0.2) is 23.0 Å². The van der Waals surface area contributed by atoms with Crippen LogP contribution in [0.1, 0.15) is 11.8 Å². The van der Waals surface area contributed by atoms with Gasteiger partial charge in [-0.05, 0) is 12.5 Å². The van der Waals surface area contributed by atoms with E-state index in [0.29, 0.717) is 0 Å². The second-order valence-corrected chi connectivity index (χ2v) is 6.81. The predicted octanol–water partition coefficient (Wildman–Crippen LogP) is 1.61. The number of fused-ring (bicyclic) bond motifs is 1. The Morgan fingerprint density at radius 1 is 1.38 bits per heavy atom. The van der Waals surface area contributed by atoms with Crippen molar-refractivity contribution in [2.75, 3.05) is 36.8 Å². The minimum atomic E-state index is 0.250. The molecule has 0 bridgehead atoms. The first-order chi connectivity index (χ1) is 12.7. The number of nitrogens with one attached hydrogen (secondary N) is 1. The number of aryl methyl sites for hydroxylation is 1. The van der Waals surface area contributed by atoms with Gasteiger partial charge in [0.2, 0.25) is 12.4 Å². The number of nitrogens with zero attached hydrogens (tertiary/aromatic N) is 3. The Morgan fingerprint density at radius 3 is 2.73 bits per heavy atom. The van der Waals surface area contributed by atoms with Gasteiger partial charge < -0.3 is 26.1 Å². The van der Waals surface area contributed by atoms with E-state index in [1.54, 1.807) is 23.9 Å². The zero-order valence-electron chi connectivity index (χ0n) is 14.6. The molecule has 0 atom stereocenters. The molecule has 9 heteroatoms. The fraction of sp³-hybridized carbons (Fsp3) is 0.353. The van der Waals surface area contributed by atoms with Crippen molar-refractivity contribution in [2.24, 2.45) is 5.73 Å². The van der Waals surface area contributed by atoms with E-state index in [1.807, 2.05) is 6.07 Å². The molecule has 3 aromatic heterocycles. The smallest absolute Gasteiger partial charge is 0.227 e. The number of hydrogen-bond donors (Lipinski definition) is 3. The van der Waals surface area contributed by atoms with E-state index >= 15 is 0 Å². The second kappa shape index (κ2) is 8.15. The molecular formula is C17H22N6O2S. The van der Waals surface area contributed by atoms with Crippen molar-refractivity contribution in [1.29, 1.82) is 0 Å². The Morgan fingerprint density at radius 2 is 2.12 bits per heavy atom. The Balaban J connectivity index is 0.000000613. The van der Waals surface area contributed by atoms with Gasteiger partial charge in [-0.25, -0.2) is 9.97 Å². The molecule has 1 amide bonds. The van der Waals surface area contributed by atoms with Crippen LogP contribution in [0.4, 0.5) is 11.6 Å². The summed E-state index contributed by atoms with van der Waals surface area (Å²) >= 11 is 1.66. The number of carbonyl (C=O) groups excluding carboxylic acids is 1. The van der Waals surface area contributed by atoms with Crippen LogP contribution in [0.3, 0.4) is 0 Å². The number of carbonyl (C=O) groups is 1. The molecule has 1 aliphatic heterocycles. The number of nitrogens with two attached hydrogens (primary N) is 2. The second-order valence-electron chi connectivity index (χ2n) is 5.73. The summed E-state index contributed by atoms with van der Waals surface area (Å²) in [6, 6.07) is 1.92. The van der Waals surface area contributed by atoms with Crippen molar-refractivity contribution in [2.45, 2.75) is 13.3 Å². The average molecular weight is 374 g/mol. The maximum Gasteiger partial charge on any atom is 0.227 e. The summed E-state index contributed by atoms with van der Waals surface area (Å²) < 4.78 is 5.25. The largest absolute Gasteiger partial charge is 0.472 e. The van der Waals surface area contributed by atoms with Crippen LogP contribution >= 0.6 is 11.3 Å². The fourth-order valence-electron chi connectivity index (χ4n) is 2.93. The van der Waals surface area contributed by atoms with E-state index in [4.69, 9.17) is 24.9 Å². The van der Waals surface area contributed by atoms with Crippen LogP contribution in [-0.4, -0.2) is 42.6 Å². The summed E-state index contributed by atoms with van der Waals surface area (Å²) in [5, 5.41) is 4.31. The monoisotopic (exact) mass is 374 g/mol. The minimum absolute atomic E-state index is 0.250. The number of piperazine rings is 1. The molecule has 1 saturated heterocycles. The maximum absolute atomic E-state index is 8.58. The molecule has 138 valence electrons. The first-order valence-corrected chi connectivity index (χ1v) is 9.23. The van der Waals surface area contributed by atoms with E-state index in [1.165, 1.54) is 0 Å². The van der Waals surface area contributed by atoms with Gasteiger partial charge >= 0.3 is 0 Å². The van der Waals surface area contributed by atoms with Crippen molar-refractivity contribution >= 4 is 39.6 Å². The van der Waals surface area contributed by atoms with Gasteiger partial charge in [0.1, 0.15) is 4.83 Å². The van der Waals surface area contributed by atoms with E-state index in [-0.39, 0.29) is 6.41 Å². The van der Waals surface area contributed by atoms with Crippen LogP contribution in [0, 0.1) is 0 Å². The van der Waals surface area contributed by atoms with Gasteiger partial charge in [-0.3, -0.25) is 4.79 Å². The lowest BCUT2D eigenvalue weighted by atomic mass is 10.1. The highest BCUT2D eigenvalue weighted by Gasteiger charge is 2.21.